The fraction of sp³-hybridized carbons (Fsp3) is 0.222. The molecule has 17 heavy (non-hydrogen) atoms. The molecule has 1 aromatic rings. The molecule has 1 aromatic carbocycles. The Morgan fingerprint density at radius 2 is 2.35 bits per heavy atom. The third kappa shape index (κ3) is 2.93. The van der Waals surface area contributed by atoms with Gasteiger partial charge in [0.25, 0.3) is 5.69 Å². The maximum atomic E-state index is 11.3. The molecule has 0 aliphatic rings. The van der Waals surface area contributed by atoms with Gasteiger partial charge in [-0.25, -0.2) is 4.79 Å². The first kappa shape index (κ1) is 12.5. The number of nitro groups is 1. The molecule has 0 saturated heterocycles. The van der Waals surface area contributed by atoms with Gasteiger partial charge in [0.1, 0.15) is 5.69 Å². The Labute approximate surface area is 95.6 Å². The largest absolute Gasteiger partial charge is 0.462 e. The lowest BCUT2D eigenvalue weighted by Crippen LogP contribution is -2.05. The summed E-state index contributed by atoms with van der Waals surface area (Å²) >= 11 is 0. The zero-order valence-corrected chi connectivity index (χ0v) is 8.86. The Kier molecular flexibility index (Phi) is 4.02. The van der Waals surface area contributed by atoms with Gasteiger partial charge in [-0.15, -0.1) is 0 Å². The van der Waals surface area contributed by atoms with Crippen molar-refractivity contribution in [2.24, 2.45) is 5.11 Å². The Bertz CT molecular complexity index is 508. The van der Waals surface area contributed by atoms with Crippen LogP contribution in [0.25, 0.3) is 10.4 Å². The molecule has 0 amide bonds. The first-order valence-electron chi connectivity index (χ1n) is 4.60. The van der Waals surface area contributed by atoms with E-state index in [1.165, 1.54) is 12.1 Å². The first-order valence-corrected chi connectivity index (χ1v) is 4.60. The molecule has 0 aliphatic heterocycles. The van der Waals surface area contributed by atoms with Crippen LogP contribution in [0.2, 0.25) is 0 Å². The highest BCUT2D eigenvalue weighted by molar-refractivity contribution is 5.91. The lowest BCUT2D eigenvalue weighted by molar-refractivity contribution is -0.384. The second-order valence-electron chi connectivity index (χ2n) is 2.87. The molecular formula is C9H8N4O4. The van der Waals surface area contributed by atoms with Gasteiger partial charge in [-0.2, -0.15) is 0 Å². The van der Waals surface area contributed by atoms with Crippen LogP contribution in [-0.4, -0.2) is 17.5 Å². The smallest absolute Gasteiger partial charge is 0.338 e. The van der Waals surface area contributed by atoms with E-state index in [4.69, 9.17) is 10.3 Å². The normalized spacial score (nSPS) is 9.24. The molecule has 0 radical (unpaired) electrons. The molecule has 8 nitrogen and oxygen atoms in total. The average molecular weight is 236 g/mol. The minimum atomic E-state index is -0.729. The second kappa shape index (κ2) is 5.47. The zero-order valence-electron chi connectivity index (χ0n) is 8.86. The van der Waals surface area contributed by atoms with Gasteiger partial charge in [0.05, 0.1) is 17.1 Å². The summed E-state index contributed by atoms with van der Waals surface area (Å²) in [5, 5.41) is 13.9. The molecule has 88 valence electrons. The van der Waals surface area contributed by atoms with Crippen molar-refractivity contribution in [1.82, 2.24) is 0 Å². The second-order valence-corrected chi connectivity index (χ2v) is 2.87. The van der Waals surface area contributed by atoms with E-state index < -0.39 is 16.6 Å². The number of rotatable bonds is 4. The van der Waals surface area contributed by atoms with E-state index in [0.717, 1.165) is 6.07 Å². The molecule has 1 rings (SSSR count). The van der Waals surface area contributed by atoms with Crippen LogP contribution in [0.5, 0.6) is 0 Å². The van der Waals surface area contributed by atoms with Gasteiger partial charge in [0.15, 0.2) is 0 Å². The average Bonchev–Trinajstić information content (AvgIpc) is 2.30. The molecule has 0 saturated carbocycles. The number of esters is 1. The van der Waals surface area contributed by atoms with E-state index in [9.17, 15) is 14.9 Å². The standard InChI is InChI=1S/C9H8N4O4/c1-2-17-9(14)6-3-4-7(11-12-10)8(5-6)13(15)16/h3-5H,2H2,1H3. The molecule has 8 heteroatoms. The van der Waals surface area contributed by atoms with Crippen LogP contribution < -0.4 is 0 Å². The predicted molar refractivity (Wildman–Crippen MR) is 57.9 cm³/mol. The van der Waals surface area contributed by atoms with Crippen molar-refractivity contribution >= 4 is 17.3 Å². The number of ether oxygens (including phenoxy) is 1. The molecule has 0 heterocycles. The highest BCUT2D eigenvalue weighted by atomic mass is 16.6. The van der Waals surface area contributed by atoms with Crippen LogP contribution in [0.1, 0.15) is 17.3 Å². The van der Waals surface area contributed by atoms with E-state index >= 15 is 0 Å². The Morgan fingerprint density at radius 3 is 2.88 bits per heavy atom. The Morgan fingerprint density at radius 1 is 1.65 bits per heavy atom. The molecular weight excluding hydrogens is 228 g/mol. The number of nitrogens with zero attached hydrogens (tertiary/aromatic N) is 4. The maximum Gasteiger partial charge on any atom is 0.338 e. The molecule has 0 aliphatic carbocycles. The van der Waals surface area contributed by atoms with Crippen molar-refractivity contribution in [2.45, 2.75) is 6.92 Å². The molecule has 0 N–H and O–H groups in total. The quantitative estimate of drug-likeness (QED) is 0.199. The minimum Gasteiger partial charge on any atom is -0.462 e. The highest BCUT2D eigenvalue weighted by Crippen LogP contribution is 2.28. The summed E-state index contributed by atoms with van der Waals surface area (Å²) < 4.78 is 4.70. The number of carbonyl (C=O) groups is 1. The Balaban J connectivity index is 3.23. The Hall–Kier alpha value is -2.60. The number of hydrogen-bond donors (Lipinski definition) is 0. The van der Waals surface area contributed by atoms with Crippen LogP contribution in [0.4, 0.5) is 11.4 Å². The fourth-order valence-electron chi connectivity index (χ4n) is 1.14. The van der Waals surface area contributed by atoms with Crippen LogP contribution >= 0.6 is 0 Å². The SMILES string of the molecule is CCOC(=O)c1ccc(N=[N+]=[N-])c([N+](=O)[O-])c1. The van der Waals surface area contributed by atoms with Crippen molar-refractivity contribution in [1.29, 1.82) is 0 Å². The molecule has 0 atom stereocenters. The number of azide groups is 1. The van der Waals surface area contributed by atoms with Crippen LogP contribution in [0.15, 0.2) is 23.3 Å². The van der Waals surface area contributed by atoms with Gasteiger partial charge in [-0.1, -0.05) is 5.11 Å². The van der Waals surface area contributed by atoms with Gasteiger partial charge in [-0.3, -0.25) is 10.1 Å². The van der Waals surface area contributed by atoms with E-state index in [2.05, 4.69) is 10.0 Å². The predicted octanol–water partition coefficient (Wildman–Crippen LogP) is 2.71. The number of benzene rings is 1. The molecule has 0 fully saturated rings. The van der Waals surface area contributed by atoms with E-state index in [1.807, 2.05) is 0 Å². The van der Waals surface area contributed by atoms with Gasteiger partial charge in [0.2, 0.25) is 0 Å². The molecule has 0 unspecified atom stereocenters. The zero-order chi connectivity index (χ0) is 12.8. The summed E-state index contributed by atoms with van der Waals surface area (Å²) in [5.41, 5.74) is 7.69. The van der Waals surface area contributed by atoms with Crippen LogP contribution in [0.3, 0.4) is 0 Å². The summed E-state index contributed by atoms with van der Waals surface area (Å²) in [5.74, 6) is -0.664. The highest BCUT2D eigenvalue weighted by Gasteiger charge is 2.17. The summed E-state index contributed by atoms with van der Waals surface area (Å²) in [6.07, 6.45) is 0. The van der Waals surface area contributed by atoms with E-state index in [0.29, 0.717) is 0 Å². The van der Waals surface area contributed by atoms with Crippen molar-refractivity contribution in [3.63, 3.8) is 0 Å². The van der Waals surface area contributed by atoms with Crippen LogP contribution in [-0.2, 0) is 4.74 Å². The number of nitro benzene ring substituents is 1. The summed E-state index contributed by atoms with van der Waals surface area (Å²) in [6, 6.07) is 3.52. The third-order valence-corrected chi connectivity index (χ3v) is 1.84. The van der Waals surface area contributed by atoms with Crippen molar-refractivity contribution < 1.29 is 14.5 Å². The molecule has 0 spiro atoms. The lowest BCUT2D eigenvalue weighted by atomic mass is 10.2. The van der Waals surface area contributed by atoms with Gasteiger partial charge < -0.3 is 4.74 Å². The molecule has 0 bridgehead atoms. The van der Waals surface area contributed by atoms with Gasteiger partial charge in [0, 0.05) is 11.0 Å². The van der Waals surface area contributed by atoms with Crippen LogP contribution in [0, 0.1) is 10.1 Å². The van der Waals surface area contributed by atoms with Gasteiger partial charge >= 0.3 is 5.97 Å². The van der Waals surface area contributed by atoms with Crippen molar-refractivity contribution in [2.75, 3.05) is 6.61 Å². The van der Waals surface area contributed by atoms with E-state index in [1.54, 1.807) is 6.92 Å². The number of carbonyl (C=O) groups excluding carboxylic acids is 1. The summed E-state index contributed by atoms with van der Waals surface area (Å²) in [7, 11) is 0. The number of hydrogen-bond acceptors (Lipinski definition) is 5. The minimum absolute atomic E-state index is 0.0374. The van der Waals surface area contributed by atoms with Crippen molar-refractivity contribution in [3.05, 3.63) is 44.3 Å². The summed E-state index contributed by atoms with van der Waals surface area (Å²) in [4.78, 5) is 23.8. The van der Waals surface area contributed by atoms with E-state index in [-0.39, 0.29) is 17.9 Å². The topological polar surface area (TPSA) is 118 Å². The third-order valence-electron chi connectivity index (χ3n) is 1.84. The summed E-state index contributed by atoms with van der Waals surface area (Å²) in [6.45, 7) is 1.80. The van der Waals surface area contributed by atoms with Crippen molar-refractivity contribution in [3.8, 4) is 0 Å². The fourth-order valence-corrected chi connectivity index (χ4v) is 1.14. The first-order chi connectivity index (χ1) is 8.10. The van der Waals surface area contributed by atoms with Gasteiger partial charge in [-0.05, 0) is 24.6 Å². The lowest BCUT2D eigenvalue weighted by Gasteiger charge is -2.02. The monoisotopic (exact) mass is 236 g/mol. The molecule has 0 aromatic heterocycles. The maximum absolute atomic E-state index is 11.3.